The Morgan fingerprint density at radius 1 is 1.24 bits per heavy atom. The first-order valence-electron chi connectivity index (χ1n) is 10.2. The lowest BCUT2D eigenvalue weighted by molar-refractivity contribution is 0.0818. The Morgan fingerprint density at radius 2 is 2.03 bits per heavy atom. The standard InChI is InChI=1S/C21H24FN5O2/c22-16-3-1-2-13(8-16)10-26-11-14-4-5-15(12-26)19(14)24-20(28)17-9-18-21(29)23-6-7-27(18)25-17/h1-3,8-9,14-15,19H,4-7,10-12H2,(H,23,29)(H,24,28). The molecule has 1 aliphatic carbocycles. The summed E-state index contributed by atoms with van der Waals surface area (Å²) in [5.74, 6) is 0.163. The van der Waals surface area contributed by atoms with Gasteiger partial charge in [0, 0.05) is 38.3 Å². The Kier molecular flexibility index (Phi) is 4.58. The zero-order valence-electron chi connectivity index (χ0n) is 16.1. The van der Waals surface area contributed by atoms with Gasteiger partial charge in [0.25, 0.3) is 11.8 Å². The van der Waals surface area contributed by atoms with E-state index in [4.69, 9.17) is 0 Å². The first kappa shape index (κ1) is 18.3. The number of amides is 2. The molecule has 7 nitrogen and oxygen atoms in total. The van der Waals surface area contributed by atoms with E-state index in [-0.39, 0.29) is 23.7 Å². The van der Waals surface area contributed by atoms with Crippen molar-refractivity contribution in [1.29, 1.82) is 0 Å². The summed E-state index contributed by atoms with van der Waals surface area (Å²) >= 11 is 0. The van der Waals surface area contributed by atoms with Gasteiger partial charge in [0.2, 0.25) is 0 Å². The third-order valence-corrected chi connectivity index (χ3v) is 6.36. The lowest BCUT2D eigenvalue weighted by Crippen LogP contribution is -2.52. The number of carbonyl (C=O) groups is 2. The highest BCUT2D eigenvalue weighted by Crippen LogP contribution is 2.37. The van der Waals surface area contributed by atoms with E-state index in [1.54, 1.807) is 22.9 Å². The van der Waals surface area contributed by atoms with E-state index in [9.17, 15) is 14.0 Å². The van der Waals surface area contributed by atoms with Crippen molar-refractivity contribution in [3.05, 3.63) is 53.1 Å². The Labute approximate surface area is 168 Å². The highest BCUT2D eigenvalue weighted by Gasteiger charge is 2.43. The number of likely N-dealkylation sites (tertiary alicyclic amines) is 1. The summed E-state index contributed by atoms with van der Waals surface area (Å²) in [7, 11) is 0. The van der Waals surface area contributed by atoms with Gasteiger partial charge in [0.1, 0.15) is 11.5 Å². The second kappa shape index (κ2) is 7.26. The van der Waals surface area contributed by atoms with Crippen molar-refractivity contribution in [2.24, 2.45) is 11.8 Å². The number of piperidine rings is 1. The van der Waals surface area contributed by atoms with Crippen LogP contribution in [0.1, 0.15) is 39.4 Å². The summed E-state index contributed by atoms with van der Waals surface area (Å²) in [5.41, 5.74) is 1.72. The van der Waals surface area contributed by atoms with Crippen molar-refractivity contribution in [2.45, 2.75) is 32.0 Å². The van der Waals surface area contributed by atoms with E-state index in [0.29, 0.717) is 36.3 Å². The van der Waals surface area contributed by atoms with Crippen molar-refractivity contribution in [2.75, 3.05) is 19.6 Å². The smallest absolute Gasteiger partial charge is 0.272 e. The fraction of sp³-hybridized carbons (Fsp3) is 0.476. The van der Waals surface area contributed by atoms with Crippen molar-refractivity contribution in [3.8, 4) is 0 Å². The molecule has 2 N–H and O–H groups in total. The van der Waals surface area contributed by atoms with Crippen LogP contribution in [-0.4, -0.2) is 52.2 Å². The summed E-state index contributed by atoms with van der Waals surface area (Å²) in [5, 5.41) is 10.3. The van der Waals surface area contributed by atoms with Gasteiger partial charge in [-0.2, -0.15) is 5.10 Å². The Morgan fingerprint density at radius 3 is 2.76 bits per heavy atom. The molecule has 3 aliphatic rings. The molecule has 2 amide bonds. The van der Waals surface area contributed by atoms with Crippen LogP contribution >= 0.6 is 0 Å². The van der Waals surface area contributed by atoms with Crippen LogP contribution in [0.25, 0.3) is 0 Å². The highest BCUT2D eigenvalue weighted by molar-refractivity contribution is 5.98. The van der Waals surface area contributed by atoms with E-state index in [1.807, 2.05) is 6.07 Å². The molecule has 2 unspecified atom stereocenters. The molecule has 1 aromatic carbocycles. The molecule has 5 rings (SSSR count). The molecule has 0 spiro atoms. The number of benzene rings is 1. The second-order valence-electron chi connectivity index (χ2n) is 8.31. The Balaban J connectivity index is 1.24. The van der Waals surface area contributed by atoms with Crippen LogP contribution in [0.2, 0.25) is 0 Å². The van der Waals surface area contributed by atoms with Crippen LogP contribution in [0, 0.1) is 17.7 Å². The minimum absolute atomic E-state index is 0.124. The normalized spacial score (nSPS) is 26.1. The summed E-state index contributed by atoms with van der Waals surface area (Å²) < 4.78 is 15.1. The number of rotatable bonds is 4. The molecule has 0 radical (unpaired) electrons. The maximum Gasteiger partial charge on any atom is 0.272 e. The number of aromatic nitrogens is 2. The largest absolute Gasteiger partial charge is 0.349 e. The number of fused-ring (bicyclic) bond motifs is 3. The molecule has 2 aromatic rings. The van der Waals surface area contributed by atoms with Gasteiger partial charge in [-0.05, 0) is 42.4 Å². The van der Waals surface area contributed by atoms with E-state index in [0.717, 1.165) is 38.0 Å². The first-order valence-corrected chi connectivity index (χ1v) is 10.2. The Hall–Kier alpha value is -2.74. The fourth-order valence-corrected chi connectivity index (χ4v) is 5.05. The molecule has 152 valence electrons. The summed E-state index contributed by atoms with van der Waals surface area (Å²) in [4.78, 5) is 27.1. The molecule has 29 heavy (non-hydrogen) atoms. The lowest BCUT2D eigenvalue weighted by Gasteiger charge is -2.38. The van der Waals surface area contributed by atoms with Gasteiger partial charge in [-0.3, -0.25) is 19.2 Å². The van der Waals surface area contributed by atoms with E-state index in [1.165, 1.54) is 6.07 Å². The molecule has 2 atom stereocenters. The van der Waals surface area contributed by atoms with Crippen LogP contribution in [-0.2, 0) is 13.1 Å². The number of hydrogen-bond donors (Lipinski definition) is 2. The number of hydrogen-bond acceptors (Lipinski definition) is 4. The van der Waals surface area contributed by atoms with Gasteiger partial charge in [-0.15, -0.1) is 0 Å². The molecule has 2 fully saturated rings. The van der Waals surface area contributed by atoms with Crippen LogP contribution < -0.4 is 10.6 Å². The Bertz CT molecular complexity index is 944. The lowest BCUT2D eigenvalue weighted by atomic mass is 9.91. The van der Waals surface area contributed by atoms with Crippen LogP contribution in [0.4, 0.5) is 4.39 Å². The van der Waals surface area contributed by atoms with Gasteiger partial charge in [0.05, 0.1) is 6.54 Å². The predicted octanol–water partition coefficient (Wildman–Crippen LogP) is 1.41. The van der Waals surface area contributed by atoms with Crippen LogP contribution in [0.15, 0.2) is 30.3 Å². The highest BCUT2D eigenvalue weighted by atomic mass is 19.1. The van der Waals surface area contributed by atoms with Crippen molar-refractivity contribution in [3.63, 3.8) is 0 Å². The van der Waals surface area contributed by atoms with Crippen LogP contribution in [0.5, 0.6) is 0 Å². The minimum atomic E-state index is -0.208. The van der Waals surface area contributed by atoms with Gasteiger partial charge in [0.15, 0.2) is 5.69 Å². The van der Waals surface area contributed by atoms with Crippen molar-refractivity contribution in [1.82, 2.24) is 25.3 Å². The number of nitrogens with one attached hydrogen (secondary N) is 2. The number of carbonyl (C=O) groups excluding carboxylic acids is 2. The van der Waals surface area contributed by atoms with E-state index in [2.05, 4.69) is 20.6 Å². The zero-order chi connectivity index (χ0) is 20.0. The maximum atomic E-state index is 13.5. The number of nitrogens with zero attached hydrogens (tertiary/aromatic N) is 3. The molecule has 2 aliphatic heterocycles. The van der Waals surface area contributed by atoms with Gasteiger partial charge < -0.3 is 10.6 Å². The van der Waals surface area contributed by atoms with E-state index < -0.39 is 0 Å². The molecular formula is C21H24FN5O2. The SMILES string of the molecule is O=C(NC1C2CCC1CN(Cc1cccc(F)c1)C2)c1cc2n(n1)CCNC2=O. The fourth-order valence-electron chi connectivity index (χ4n) is 5.05. The molecule has 1 saturated carbocycles. The molecule has 8 heteroatoms. The van der Waals surface area contributed by atoms with E-state index >= 15 is 0 Å². The monoisotopic (exact) mass is 397 g/mol. The molecule has 2 bridgehead atoms. The van der Waals surface area contributed by atoms with Gasteiger partial charge >= 0.3 is 0 Å². The van der Waals surface area contributed by atoms with Gasteiger partial charge in [-0.1, -0.05) is 12.1 Å². The average molecular weight is 397 g/mol. The molecule has 1 aromatic heterocycles. The molecule has 3 heterocycles. The summed E-state index contributed by atoms with van der Waals surface area (Å²) in [6.07, 6.45) is 2.16. The minimum Gasteiger partial charge on any atom is -0.349 e. The maximum absolute atomic E-state index is 13.5. The third-order valence-electron chi connectivity index (χ3n) is 6.36. The third kappa shape index (κ3) is 3.53. The molecule has 1 saturated heterocycles. The summed E-state index contributed by atoms with van der Waals surface area (Å²) in [6.45, 7) is 3.62. The van der Waals surface area contributed by atoms with Gasteiger partial charge in [-0.25, -0.2) is 4.39 Å². The quantitative estimate of drug-likeness (QED) is 0.818. The van der Waals surface area contributed by atoms with Crippen molar-refractivity contribution >= 4 is 11.8 Å². The predicted molar refractivity (Wildman–Crippen MR) is 104 cm³/mol. The van der Waals surface area contributed by atoms with Crippen LogP contribution in [0.3, 0.4) is 0 Å². The molecular weight excluding hydrogens is 373 g/mol. The number of halogens is 1. The zero-order valence-corrected chi connectivity index (χ0v) is 16.1. The average Bonchev–Trinajstić information content (AvgIpc) is 3.22. The topological polar surface area (TPSA) is 79.3 Å². The first-order chi connectivity index (χ1) is 14.1. The van der Waals surface area contributed by atoms with Crippen molar-refractivity contribution < 1.29 is 14.0 Å². The summed E-state index contributed by atoms with van der Waals surface area (Å²) in [6, 6.07) is 8.45. The second-order valence-corrected chi connectivity index (χ2v) is 8.31.